The number of H-pyrrole nitrogens is 1. The molecule has 1 fully saturated rings. The van der Waals surface area contributed by atoms with Crippen molar-refractivity contribution < 1.29 is 13.2 Å². The van der Waals surface area contributed by atoms with Crippen LogP contribution < -0.4 is 15.6 Å². The van der Waals surface area contributed by atoms with E-state index in [0.717, 1.165) is 4.31 Å². The number of sulfonamides is 1. The summed E-state index contributed by atoms with van der Waals surface area (Å²) >= 11 is 0. The molecule has 20 heavy (non-hydrogen) atoms. The summed E-state index contributed by atoms with van der Waals surface area (Å²) in [5.74, 6) is -0.984. The Morgan fingerprint density at radius 1 is 1.45 bits per heavy atom. The van der Waals surface area contributed by atoms with E-state index in [-0.39, 0.29) is 35.9 Å². The second-order valence-electron chi connectivity index (χ2n) is 4.53. The minimum absolute atomic E-state index is 0.00184. The molecule has 2 rings (SSSR count). The van der Waals surface area contributed by atoms with E-state index in [1.165, 1.54) is 0 Å². The van der Waals surface area contributed by atoms with Gasteiger partial charge in [0.15, 0.2) is 0 Å². The molecule has 0 spiro atoms. The summed E-state index contributed by atoms with van der Waals surface area (Å²) in [4.78, 5) is 29.7. The maximum absolute atomic E-state index is 12.0. The highest BCUT2D eigenvalue weighted by Crippen LogP contribution is 2.19. The first-order chi connectivity index (χ1) is 9.36. The zero-order valence-electron chi connectivity index (χ0n) is 11.0. The lowest BCUT2D eigenvalue weighted by Gasteiger charge is -2.26. The first-order valence-electron chi connectivity index (χ1n) is 6.30. The summed E-state index contributed by atoms with van der Waals surface area (Å²) in [5, 5.41) is 0. The fourth-order valence-electron chi connectivity index (χ4n) is 2.16. The summed E-state index contributed by atoms with van der Waals surface area (Å²) in [7, 11) is -3.51. The summed E-state index contributed by atoms with van der Waals surface area (Å²) < 4.78 is 25.0. The van der Waals surface area contributed by atoms with Crippen molar-refractivity contribution in [3.8, 4) is 0 Å². The van der Waals surface area contributed by atoms with E-state index < -0.39 is 21.5 Å². The van der Waals surface area contributed by atoms with Crippen LogP contribution in [0.25, 0.3) is 0 Å². The fraction of sp³-hybridized carbons (Fsp3) is 0.545. The molecule has 110 valence electrons. The molecule has 0 aromatic carbocycles. The smallest absolute Gasteiger partial charge is 0.267 e. The summed E-state index contributed by atoms with van der Waals surface area (Å²) in [6.45, 7) is 1.92. The predicted octanol–water partition coefficient (Wildman–Crippen LogP) is -0.639. The van der Waals surface area contributed by atoms with Crippen LogP contribution in [-0.2, 0) is 16.4 Å². The van der Waals surface area contributed by atoms with E-state index in [9.17, 15) is 18.0 Å². The number of primary amides is 1. The number of carbonyl (C=O) groups is 1. The standard InChI is InChI=1S/C11H16N4O4S/c1-2-7-8(9(12)16)13-11(14-10(7)17)15-5-3-4-6-20(15,18)19/h2-6H2,1H3,(H2,12,16)(H,13,14,17). The molecule has 0 saturated carbocycles. The van der Waals surface area contributed by atoms with Gasteiger partial charge in [0.2, 0.25) is 16.0 Å². The van der Waals surface area contributed by atoms with E-state index in [0.29, 0.717) is 12.8 Å². The molecule has 0 bridgehead atoms. The number of amides is 1. The fourth-order valence-corrected chi connectivity index (χ4v) is 3.71. The number of carbonyl (C=O) groups excluding carboxylic acids is 1. The van der Waals surface area contributed by atoms with E-state index >= 15 is 0 Å². The van der Waals surface area contributed by atoms with Crippen LogP contribution >= 0.6 is 0 Å². The first-order valence-corrected chi connectivity index (χ1v) is 7.91. The van der Waals surface area contributed by atoms with Gasteiger partial charge in [-0.25, -0.2) is 17.7 Å². The normalized spacial score (nSPS) is 17.9. The number of anilines is 1. The van der Waals surface area contributed by atoms with Crippen LogP contribution in [0.1, 0.15) is 35.8 Å². The molecule has 1 saturated heterocycles. The van der Waals surface area contributed by atoms with Crippen molar-refractivity contribution in [2.24, 2.45) is 5.73 Å². The number of nitrogens with zero attached hydrogens (tertiary/aromatic N) is 2. The van der Waals surface area contributed by atoms with E-state index in [2.05, 4.69) is 9.97 Å². The van der Waals surface area contributed by atoms with Crippen molar-refractivity contribution in [2.45, 2.75) is 26.2 Å². The van der Waals surface area contributed by atoms with Crippen LogP contribution in [-0.4, -0.2) is 36.6 Å². The lowest BCUT2D eigenvalue weighted by Crippen LogP contribution is -2.40. The van der Waals surface area contributed by atoms with Crippen LogP contribution in [0.15, 0.2) is 4.79 Å². The van der Waals surface area contributed by atoms with Crippen LogP contribution in [0.3, 0.4) is 0 Å². The van der Waals surface area contributed by atoms with Crippen molar-refractivity contribution >= 4 is 21.9 Å². The van der Waals surface area contributed by atoms with Gasteiger partial charge in [-0.1, -0.05) is 6.92 Å². The highest BCUT2D eigenvalue weighted by Gasteiger charge is 2.29. The Kier molecular flexibility index (Phi) is 3.80. The number of hydrogen-bond donors (Lipinski definition) is 2. The molecular formula is C11H16N4O4S. The molecular weight excluding hydrogens is 284 g/mol. The molecule has 0 atom stereocenters. The predicted molar refractivity (Wildman–Crippen MR) is 73.1 cm³/mol. The lowest BCUT2D eigenvalue weighted by molar-refractivity contribution is 0.0994. The molecule has 1 aromatic rings. The summed E-state index contributed by atoms with van der Waals surface area (Å²) in [6.07, 6.45) is 1.52. The number of hydrogen-bond acceptors (Lipinski definition) is 5. The minimum atomic E-state index is -3.51. The number of nitrogens with two attached hydrogens (primary N) is 1. The topological polar surface area (TPSA) is 126 Å². The average molecular weight is 300 g/mol. The Hall–Kier alpha value is -1.90. The van der Waals surface area contributed by atoms with Crippen molar-refractivity contribution in [3.05, 3.63) is 21.6 Å². The van der Waals surface area contributed by atoms with Crippen molar-refractivity contribution in [3.63, 3.8) is 0 Å². The summed E-state index contributed by atoms with van der Waals surface area (Å²) in [5.41, 5.74) is 4.66. The molecule has 8 nitrogen and oxygen atoms in total. The van der Waals surface area contributed by atoms with Gasteiger partial charge >= 0.3 is 0 Å². The van der Waals surface area contributed by atoms with Crippen LogP contribution in [0.2, 0.25) is 0 Å². The zero-order chi connectivity index (χ0) is 14.9. The number of rotatable bonds is 3. The second kappa shape index (κ2) is 5.23. The molecule has 0 radical (unpaired) electrons. The van der Waals surface area contributed by atoms with Crippen LogP contribution in [0.4, 0.5) is 5.95 Å². The number of aromatic nitrogens is 2. The quantitative estimate of drug-likeness (QED) is 0.768. The average Bonchev–Trinajstić information content (AvgIpc) is 2.37. The Morgan fingerprint density at radius 3 is 2.70 bits per heavy atom. The van der Waals surface area contributed by atoms with Crippen molar-refractivity contribution in [1.29, 1.82) is 0 Å². The molecule has 0 unspecified atom stereocenters. The van der Waals surface area contributed by atoms with Crippen LogP contribution in [0, 0.1) is 0 Å². The molecule has 1 aliphatic heterocycles. The van der Waals surface area contributed by atoms with Gasteiger partial charge in [0.1, 0.15) is 5.69 Å². The SMILES string of the molecule is CCc1c(C(N)=O)nc(N2CCCCS2(=O)=O)[nH]c1=O. The lowest BCUT2D eigenvalue weighted by atomic mass is 10.1. The number of aromatic amines is 1. The van der Waals surface area contributed by atoms with Gasteiger partial charge in [-0.05, 0) is 19.3 Å². The number of nitrogens with one attached hydrogen (secondary N) is 1. The monoisotopic (exact) mass is 300 g/mol. The van der Waals surface area contributed by atoms with Gasteiger partial charge in [-0.3, -0.25) is 14.6 Å². The van der Waals surface area contributed by atoms with Crippen molar-refractivity contribution in [1.82, 2.24) is 9.97 Å². The Bertz CT molecular complexity index is 695. The molecule has 1 aliphatic rings. The third kappa shape index (κ3) is 2.53. The molecule has 0 aliphatic carbocycles. The molecule has 1 amide bonds. The van der Waals surface area contributed by atoms with Crippen molar-refractivity contribution in [2.75, 3.05) is 16.6 Å². The van der Waals surface area contributed by atoms with Gasteiger partial charge in [0, 0.05) is 12.1 Å². The van der Waals surface area contributed by atoms with E-state index in [1.807, 2.05) is 0 Å². The molecule has 1 aromatic heterocycles. The maximum atomic E-state index is 12.0. The van der Waals surface area contributed by atoms with Crippen LogP contribution in [0.5, 0.6) is 0 Å². The Balaban J connectivity index is 2.59. The Labute approximate surface area is 116 Å². The highest BCUT2D eigenvalue weighted by molar-refractivity contribution is 7.92. The molecule has 3 N–H and O–H groups in total. The summed E-state index contributed by atoms with van der Waals surface area (Å²) in [6, 6.07) is 0. The Morgan fingerprint density at radius 2 is 2.15 bits per heavy atom. The second-order valence-corrected chi connectivity index (χ2v) is 6.54. The largest absolute Gasteiger partial charge is 0.364 e. The van der Waals surface area contributed by atoms with Gasteiger partial charge < -0.3 is 5.73 Å². The minimum Gasteiger partial charge on any atom is -0.364 e. The van der Waals surface area contributed by atoms with Gasteiger partial charge in [-0.2, -0.15) is 0 Å². The molecule has 9 heteroatoms. The van der Waals surface area contributed by atoms with Gasteiger partial charge in [0.25, 0.3) is 11.5 Å². The molecule has 2 heterocycles. The third-order valence-corrected chi connectivity index (χ3v) is 5.01. The van der Waals surface area contributed by atoms with E-state index in [1.54, 1.807) is 6.92 Å². The zero-order valence-corrected chi connectivity index (χ0v) is 11.9. The third-order valence-electron chi connectivity index (χ3n) is 3.18. The highest BCUT2D eigenvalue weighted by atomic mass is 32.2. The van der Waals surface area contributed by atoms with Gasteiger partial charge in [0.05, 0.1) is 5.75 Å². The maximum Gasteiger partial charge on any atom is 0.267 e. The van der Waals surface area contributed by atoms with Gasteiger partial charge in [-0.15, -0.1) is 0 Å². The van der Waals surface area contributed by atoms with E-state index in [4.69, 9.17) is 5.73 Å². The first kappa shape index (κ1) is 14.5.